The number of hydrogen-bond donors (Lipinski definition) is 2. The summed E-state index contributed by atoms with van der Waals surface area (Å²) in [5.41, 5.74) is 1.68. The third-order valence-corrected chi connectivity index (χ3v) is 5.44. The van der Waals surface area contributed by atoms with Gasteiger partial charge in [0.1, 0.15) is 5.82 Å². The van der Waals surface area contributed by atoms with Crippen LogP contribution in [0.15, 0.2) is 23.2 Å². The average molecular weight is 531 g/mol. The molecule has 166 valence electrons. The number of rotatable bonds is 5. The fourth-order valence-corrected chi connectivity index (χ4v) is 3.90. The van der Waals surface area contributed by atoms with Crippen molar-refractivity contribution < 1.29 is 14.0 Å². The topological polar surface area (TPSA) is 77.0 Å². The molecule has 7 nitrogen and oxygen atoms in total. The molecular formula is C21H31FIN5O2. The van der Waals surface area contributed by atoms with E-state index in [1.807, 2.05) is 13.0 Å². The molecule has 2 amide bonds. The van der Waals surface area contributed by atoms with E-state index in [1.165, 1.54) is 11.0 Å². The second-order valence-electron chi connectivity index (χ2n) is 7.68. The highest BCUT2D eigenvalue weighted by Gasteiger charge is 2.26. The van der Waals surface area contributed by atoms with Crippen molar-refractivity contribution in [1.29, 1.82) is 0 Å². The van der Waals surface area contributed by atoms with Gasteiger partial charge in [-0.1, -0.05) is 6.07 Å². The lowest BCUT2D eigenvalue weighted by molar-refractivity contribution is -0.147. The first kappa shape index (κ1) is 24.4. The predicted molar refractivity (Wildman–Crippen MR) is 127 cm³/mol. The minimum atomic E-state index is -0.199. The number of carbonyl (C=O) groups is 2. The molecule has 2 fully saturated rings. The van der Waals surface area contributed by atoms with Crippen LogP contribution in [0.3, 0.4) is 0 Å². The zero-order valence-corrected chi connectivity index (χ0v) is 19.9. The van der Waals surface area contributed by atoms with Crippen molar-refractivity contribution in [2.24, 2.45) is 4.99 Å². The molecule has 30 heavy (non-hydrogen) atoms. The zero-order chi connectivity index (χ0) is 20.8. The molecule has 2 aliphatic rings. The van der Waals surface area contributed by atoms with Gasteiger partial charge in [0.15, 0.2) is 5.96 Å². The number of guanidine groups is 1. The van der Waals surface area contributed by atoms with Crippen molar-refractivity contribution in [3.63, 3.8) is 0 Å². The summed E-state index contributed by atoms with van der Waals surface area (Å²) in [6.07, 6.45) is 3.44. The van der Waals surface area contributed by atoms with E-state index in [0.29, 0.717) is 50.5 Å². The van der Waals surface area contributed by atoms with E-state index >= 15 is 0 Å². The van der Waals surface area contributed by atoms with Gasteiger partial charge in [-0.2, -0.15) is 0 Å². The van der Waals surface area contributed by atoms with E-state index in [-0.39, 0.29) is 47.7 Å². The molecule has 2 aliphatic heterocycles. The summed E-state index contributed by atoms with van der Waals surface area (Å²) in [4.78, 5) is 31.4. The molecule has 0 saturated carbocycles. The summed E-state index contributed by atoms with van der Waals surface area (Å²) in [5, 5.41) is 6.57. The Morgan fingerprint density at radius 2 is 1.97 bits per heavy atom. The average Bonchev–Trinajstić information content (AvgIpc) is 2.71. The van der Waals surface area contributed by atoms with Crippen LogP contribution in [0.4, 0.5) is 10.1 Å². The van der Waals surface area contributed by atoms with E-state index in [1.54, 1.807) is 13.1 Å². The molecule has 2 heterocycles. The number of hydrogen-bond acceptors (Lipinski definition) is 4. The number of anilines is 1. The molecular weight excluding hydrogens is 500 g/mol. The Balaban J connectivity index is 0.00000320. The van der Waals surface area contributed by atoms with Crippen molar-refractivity contribution in [3.8, 4) is 0 Å². The van der Waals surface area contributed by atoms with Gasteiger partial charge in [0, 0.05) is 52.1 Å². The smallest absolute Gasteiger partial charge is 0.229 e. The van der Waals surface area contributed by atoms with Gasteiger partial charge in [0.25, 0.3) is 0 Å². The number of imide groups is 1. The van der Waals surface area contributed by atoms with Crippen molar-refractivity contribution in [1.82, 2.24) is 15.5 Å². The predicted octanol–water partition coefficient (Wildman–Crippen LogP) is 2.43. The van der Waals surface area contributed by atoms with Gasteiger partial charge < -0.3 is 15.5 Å². The summed E-state index contributed by atoms with van der Waals surface area (Å²) in [6.45, 7) is 4.25. The van der Waals surface area contributed by atoms with Crippen molar-refractivity contribution in [2.75, 3.05) is 38.1 Å². The maximum absolute atomic E-state index is 14.3. The third kappa shape index (κ3) is 6.29. The summed E-state index contributed by atoms with van der Waals surface area (Å²) >= 11 is 0. The number of piperidine rings is 2. The van der Waals surface area contributed by atoms with Gasteiger partial charge in [-0.3, -0.25) is 19.5 Å². The molecule has 1 atom stereocenters. The van der Waals surface area contributed by atoms with Crippen LogP contribution in [-0.2, 0) is 9.59 Å². The second kappa shape index (κ2) is 11.5. The van der Waals surface area contributed by atoms with Gasteiger partial charge in [-0.05, 0) is 43.9 Å². The van der Waals surface area contributed by atoms with Gasteiger partial charge in [-0.25, -0.2) is 4.39 Å². The van der Waals surface area contributed by atoms with Gasteiger partial charge >= 0.3 is 0 Å². The fourth-order valence-electron chi connectivity index (χ4n) is 3.90. The first-order chi connectivity index (χ1) is 14.0. The molecule has 0 spiro atoms. The van der Waals surface area contributed by atoms with E-state index in [0.717, 1.165) is 24.9 Å². The molecule has 2 saturated heterocycles. The van der Waals surface area contributed by atoms with Crippen LogP contribution in [-0.4, -0.2) is 61.9 Å². The largest absolute Gasteiger partial charge is 0.367 e. The van der Waals surface area contributed by atoms with Gasteiger partial charge in [0.2, 0.25) is 11.8 Å². The third-order valence-electron chi connectivity index (χ3n) is 5.44. The minimum absolute atomic E-state index is 0. The lowest BCUT2D eigenvalue weighted by Crippen LogP contribution is -2.52. The van der Waals surface area contributed by atoms with Crippen molar-refractivity contribution >= 4 is 47.4 Å². The highest BCUT2D eigenvalue weighted by molar-refractivity contribution is 14.0. The number of carbonyl (C=O) groups excluding carboxylic acids is 2. The molecule has 0 aromatic heterocycles. The van der Waals surface area contributed by atoms with Crippen LogP contribution in [0.5, 0.6) is 0 Å². The van der Waals surface area contributed by atoms with E-state index < -0.39 is 0 Å². The number of nitrogens with zero attached hydrogens (tertiary/aromatic N) is 3. The number of halogens is 2. The number of benzene rings is 1. The molecule has 1 aromatic rings. The SMILES string of the molecule is CN=C(NCCN1C(=O)CCCC1=O)NC1CCCN(c2cc(C)ccc2F)C1.I. The molecule has 9 heteroatoms. The van der Waals surface area contributed by atoms with Crippen molar-refractivity contribution in [2.45, 2.75) is 45.1 Å². The summed E-state index contributed by atoms with van der Waals surface area (Å²) in [6, 6.07) is 5.32. The van der Waals surface area contributed by atoms with E-state index in [9.17, 15) is 14.0 Å². The zero-order valence-electron chi connectivity index (χ0n) is 17.6. The number of nitrogens with one attached hydrogen (secondary N) is 2. The van der Waals surface area contributed by atoms with E-state index in [4.69, 9.17) is 0 Å². The Morgan fingerprint density at radius 1 is 1.23 bits per heavy atom. The van der Waals surface area contributed by atoms with Crippen molar-refractivity contribution in [3.05, 3.63) is 29.6 Å². The summed E-state index contributed by atoms with van der Waals surface area (Å²) in [5.74, 6) is 0.219. The standard InChI is InChI=1S/C21H30FN5O2.HI/c1-15-8-9-17(22)18(13-15)26-11-4-5-16(14-26)25-21(23-2)24-10-12-27-19(28)6-3-7-20(27)29;/h8-9,13,16H,3-7,10-12,14H2,1-2H3,(H2,23,24,25);1H. The number of amides is 2. The van der Waals surface area contributed by atoms with Gasteiger partial charge in [-0.15, -0.1) is 24.0 Å². The Labute approximate surface area is 194 Å². The monoisotopic (exact) mass is 531 g/mol. The second-order valence-corrected chi connectivity index (χ2v) is 7.68. The molecule has 0 bridgehead atoms. The van der Waals surface area contributed by atoms with Crippen LogP contribution < -0.4 is 15.5 Å². The van der Waals surface area contributed by atoms with Gasteiger partial charge in [0.05, 0.1) is 5.69 Å². The van der Waals surface area contributed by atoms with Crippen LogP contribution in [0.2, 0.25) is 0 Å². The normalized spacial score (nSPS) is 20.1. The first-order valence-corrected chi connectivity index (χ1v) is 10.3. The molecule has 1 unspecified atom stereocenters. The maximum Gasteiger partial charge on any atom is 0.229 e. The Kier molecular flexibility index (Phi) is 9.32. The lowest BCUT2D eigenvalue weighted by Gasteiger charge is -2.35. The Bertz CT molecular complexity index is 773. The lowest BCUT2D eigenvalue weighted by atomic mass is 10.0. The first-order valence-electron chi connectivity index (χ1n) is 10.3. The summed E-state index contributed by atoms with van der Waals surface area (Å²) in [7, 11) is 1.69. The Hall–Kier alpha value is -1.91. The minimum Gasteiger partial charge on any atom is -0.367 e. The fraction of sp³-hybridized carbons (Fsp3) is 0.571. The molecule has 1 aromatic carbocycles. The van der Waals surface area contributed by atoms with Crippen LogP contribution in [0.25, 0.3) is 0 Å². The van der Waals surface area contributed by atoms with Crippen LogP contribution in [0, 0.1) is 12.7 Å². The quantitative estimate of drug-likeness (QED) is 0.264. The molecule has 3 rings (SSSR count). The maximum atomic E-state index is 14.3. The van der Waals surface area contributed by atoms with E-state index in [2.05, 4.69) is 20.5 Å². The molecule has 0 aliphatic carbocycles. The number of likely N-dealkylation sites (tertiary alicyclic amines) is 1. The van der Waals surface area contributed by atoms with Crippen LogP contribution >= 0.6 is 24.0 Å². The number of aliphatic imine (C=N–C) groups is 1. The Morgan fingerprint density at radius 3 is 2.67 bits per heavy atom. The highest BCUT2D eigenvalue weighted by atomic mass is 127. The highest BCUT2D eigenvalue weighted by Crippen LogP contribution is 2.24. The molecule has 2 N–H and O–H groups in total. The molecule has 0 radical (unpaired) electrons. The summed E-state index contributed by atoms with van der Waals surface area (Å²) < 4.78 is 14.3. The van der Waals surface area contributed by atoms with Crippen LogP contribution in [0.1, 0.15) is 37.7 Å². The number of aryl methyl sites for hydroxylation is 1.